The molecule has 2 fully saturated rings. The molecule has 0 aromatic heterocycles. The van der Waals surface area contributed by atoms with E-state index in [1.54, 1.807) is 0 Å². The van der Waals surface area contributed by atoms with Crippen molar-refractivity contribution >= 4 is 0 Å². The third kappa shape index (κ3) is 1.34. The fraction of sp³-hybridized carbons (Fsp3) is 1.00. The molecule has 2 saturated heterocycles. The van der Waals surface area contributed by atoms with E-state index in [4.69, 9.17) is 15.2 Å². The molecule has 0 aliphatic carbocycles. The Hall–Kier alpha value is -0.920. The Morgan fingerprint density at radius 3 is 3.15 bits per heavy atom. The highest BCUT2D eigenvalue weighted by molar-refractivity contribution is 4.98. The van der Waals surface area contributed by atoms with Crippen LogP contribution in [0, 0.1) is 10.1 Å². The molecule has 2 heterocycles. The maximum atomic E-state index is 10.1. The summed E-state index contributed by atoms with van der Waals surface area (Å²) in [6.45, 7) is 0.570. The second kappa shape index (κ2) is 2.79. The maximum absolute atomic E-state index is 10.1. The zero-order valence-electron chi connectivity index (χ0n) is 6.84. The molecule has 1 unspecified atom stereocenters. The molecular formula is C6H10N2O5. The number of fused-ring (bicyclic) bond motifs is 1. The van der Waals surface area contributed by atoms with Crippen molar-refractivity contribution in [2.45, 2.75) is 24.4 Å². The van der Waals surface area contributed by atoms with Crippen LogP contribution in [0.2, 0.25) is 0 Å². The summed E-state index contributed by atoms with van der Waals surface area (Å²) in [5.41, 5.74) is 4.89. The van der Waals surface area contributed by atoms with Crippen LogP contribution in [-0.4, -0.2) is 36.2 Å². The van der Waals surface area contributed by atoms with Crippen LogP contribution >= 0.6 is 0 Å². The van der Waals surface area contributed by atoms with Gasteiger partial charge in [0, 0.05) is 6.42 Å². The minimum Gasteiger partial charge on any atom is -0.371 e. The molecule has 0 radical (unpaired) electrons. The fourth-order valence-electron chi connectivity index (χ4n) is 1.73. The average Bonchev–Trinajstić information content (AvgIpc) is 2.50. The van der Waals surface area contributed by atoms with Crippen molar-refractivity contribution < 1.29 is 19.4 Å². The smallest absolute Gasteiger partial charge is 0.294 e. The number of rotatable bonds is 2. The van der Waals surface area contributed by atoms with Gasteiger partial charge in [-0.3, -0.25) is 0 Å². The fourth-order valence-corrected chi connectivity index (χ4v) is 1.73. The van der Waals surface area contributed by atoms with Gasteiger partial charge in [-0.1, -0.05) is 0 Å². The van der Waals surface area contributed by atoms with Gasteiger partial charge in [-0.25, -0.2) is 0 Å². The zero-order chi connectivity index (χ0) is 9.47. The average molecular weight is 190 g/mol. The van der Waals surface area contributed by atoms with Crippen LogP contribution in [0.15, 0.2) is 0 Å². The third-order valence-electron chi connectivity index (χ3n) is 2.35. The minimum atomic E-state index is -0.888. The van der Waals surface area contributed by atoms with Gasteiger partial charge in [0.05, 0.1) is 13.2 Å². The summed E-state index contributed by atoms with van der Waals surface area (Å²) in [4.78, 5) is 14.5. The highest BCUT2D eigenvalue weighted by atomic mass is 17.0. The molecule has 7 heteroatoms. The van der Waals surface area contributed by atoms with Crippen molar-refractivity contribution in [1.29, 1.82) is 0 Å². The quantitative estimate of drug-likeness (QED) is 0.444. The summed E-state index contributed by atoms with van der Waals surface area (Å²) >= 11 is 0. The van der Waals surface area contributed by atoms with Gasteiger partial charge in [-0.15, -0.1) is 10.1 Å². The number of nitrogens with two attached hydrogens (primary N) is 1. The van der Waals surface area contributed by atoms with E-state index in [1.165, 1.54) is 0 Å². The molecule has 0 amide bonds. The van der Waals surface area contributed by atoms with Crippen molar-refractivity contribution in [2.75, 3.05) is 13.2 Å². The van der Waals surface area contributed by atoms with E-state index >= 15 is 0 Å². The van der Waals surface area contributed by atoms with Crippen molar-refractivity contribution in [3.63, 3.8) is 0 Å². The normalized spacial score (nSPS) is 43.2. The summed E-state index contributed by atoms with van der Waals surface area (Å²) < 4.78 is 10.4. The van der Waals surface area contributed by atoms with Crippen molar-refractivity contribution in [3.8, 4) is 0 Å². The van der Waals surface area contributed by atoms with Crippen molar-refractivity contribution in [3.05, 3.63) is 10.1 Å². The lowest BCUT2D eigenvalue weighted by Crippen LogP contribution is -2.48. The highest BCUT2D eigenvalue weighted by Gasteiger charge is 2.53. The first kappa shape index (κ1) is 8.67. The molecule has 7 nitrogen and oxygen atoms in total. The number of hydrogen-bond acceptors (Lipinski definition) is 6. The monoisotopic (exact) mass is 190 g/mol. The van der Waals surface area contributed by atoms with Crippen LogP contribution in [0.3, 0.4) is 0 Å². The van der Waals surface area contributed by atoms with Crippen LogP contribution in [0.4, 0.5) is 0 Å². The lowest BCUT2D eigenvalue weighted by molar-refractivity contribution is -0.769. The van der Waals surface area contributed by atoms with Crippen LogP contribution in [0.25, 0.3) is 0 Å². The van der Waals surface area contributed by atoms with Crippen LogP contribution in [0.5, 0.6) is 0 Å². The molecule has 0 saturated carbocycles. The Balaban J connectivity index is 2.05. The molecule has 3 atom stereocenters. The lowest BCUT2D eigenvalue weighted by Gasteiger charge is -2.21. The minimum absolute atomic E-state index is 0.113. The Kier molecular flexibility index (Phi) is 1.86. The summed E-state index contributed by atoms with van der Waals surface area (Å²) in [7, 11) is 0. The molecule has 0 aromatic rings. The second-order valence-electron chi connectivity index (χ2n) is 3.17. The summed E-state index contributed by atoms with van der Waals surface area (Å²) in [5, 5.41) is 9.23. The summed E-state index contributed by atoms with van der Waals surface area (Å²) in [5.74, 6) is 0. The molecule has 2 rings (SSSR count). The third-order valence-corrected chi connectivity index (χ3v) is 2.35. The first-order valence-electron chi connectivity index (χ1n) is 3.97. The zero-order valence-corrected chi connectivity index (χ0v) is 6.84. The van der Waals surface area contributed by atoms with Gasteiger partial charge in [0.15, 0.2) is 6.10 Å². The first-order chi connectivity index (χ1) is 6.12. The number of nitrogens with zero attached hydrogens (tertiary/aromatic N) is 1. The number of ether oxygens (including phenoxy) is 2. The molecule has 2 aliphatic heterocycles. The van der Waals surface area contributed by atoms with Gasteiger partial charge >= 0.3 is 0 Å². The van der Waals surface area contributed by atoms with Gasteiger partial charge in [0.1, 0.15) is 11.8 Å². The van der Waals surface area contributed by atoms with E-state index in [0.29, 0.717) is 13.0 Å². The second-order valence-corrected chi connectivity index (χ2v) is 3.17. The van der Waals surface area contributed by atoms with E-state index < -0.39 is 23.0 Å². The molecule has 0 bridgehead atoms. The predicted molar refractivity (Wildman–Crippen MR) is 39.1 cm³/mol. The standard InChI is InChI=1S/C6H10N2O5/c7-6-1-2-11-5(6)4(3-12-6)13-8(9)10/h4-5H,1-3,7H2/t4?,5-,6-/m1/s1. The highest BCUT2D eigenvalue weighted by Crippen LogP contribution is 2.34. The first-order valence-corrected chi connectivity index (χ1v) is 3.97. The van der Waals surface area contributed by atoms with E-state index in [0.717, 1.165) is 0 Å². The van der Waals surface area contributed by atoms with Gasteiger partial charge in [-0.2, -0.15) is 0 Å². The Labute approximate surface area is 73.8 Å². The van der Waals surface area contributed by atoms with Crippen LogP contribution in [0.1, 0.15) is 6.42 Å². The Morgan fingerprint density at radius 1 is 1.69 bits per heavy atom. The van der Waals surface area contributed by atoms with E-state index in [2.05, 4.69) is 4.84 Å². The predicted octanol–water partition coefficient (Wildman–Crippen LogP) is -0.963. The molecule has 0 spiro atoms. The van der Waals surface area contributed by atoms with Crippen molar-refractivity contribution in [2.24, 2.45) is 5.73 Å². The summed E-state index contributed by atoms with van der Waals surface area (Å²) in [6.07, 6.45) is -0.657. The van der Waals surface area contributed by atoms with Gasteiger partial charge < -0.3 is 20.0 Å². The summed E-state index contributed by atoms with van der Waals surface area (Å²) in [6, 6.07) is 0. The molecule has 13 heavy (non-hydrogen) atoms. The largest absolute Gasteiger partial charge is 0.371 e. The van der Waals surface area contributed by atoms with Gasteiger partial charge in [0.25, 0.3) is 5.09 Å². The lowest BCUT2D eigenvalue weighted by atomic mass is 10.1. The SMILES string of the molecule is N[C@@]12CCO[C@@H]1C(O[N+](=O)[O-])CO2. The molecule has 74 valence electrons. The molecule has 2 aliphatic rings. The van der Waals surface area contributed by atoms with E-state index in [-0.39, 0.29) is 6.61 Å². The van der Waals surface area contributed by atoms with E-state index in [9.17, 15) is 10.1 Å². The van der Waals surface area contributed by atoms with Crippen LogP contribution < -0.4 is 5.73 Å². The number of hydrogen-bond donors (Lipinski definition) is 1. The van der Waals surface area contributed by atoms with E-state index in [1.807, 2.05) is 0 Å². The Bertz CT molecular complexity index is 235. The van der Waals surface area contributed by atoms with Gasteiger partial charge in [0.2, 0.25) is 0 Å². The topological polar surface area (TPSA) is 96.9 Å². The van der Waals surface area contributed by atoms with Crippen molar-refractivity contribution in [1.82, 2.24) is 0 Å². The molecule has 2 N–H and O–H groups in total. The molecule has 0 aromatic carbocycles. The Morgan fingerprint density at radius 2 is 2.46 bits per heavy atom. The van der Waals surface area contributed by atoms with Crippen LogP contribution in [-0.2, 0) is 14.3 Å². The van der Waals surface area contributed by atoms with Gasteiger partial charge in [-0.05, 0) is 0 Å². The molecular weight excluding hydrogens is 180 g/mol. The maximum Gasteiger partial charge on any atom is 0.294 e.